The first-order valence-electron chi connectivity index (χ1n) is 17.0. The second-order valence-corrected chi connectivity index (χ2v) is 15.2. The van der Waals surface area contributed by atoms with Crippen molar-refractivity contribution >= 4 is 22.0 Å². The van der Waals surface area contributed by atoms with E-state index in [-0.39, 0.29) is 40.7 Å². The number of rotatable bonds is 17. The van der Waals surface area contributed by atoms with Crippen LogP contribution >= 0.6 is 0 Å². The summed E-state index contributed by atoms with van der Waals surface area (Å²) in [7, 11) is -2.54. The molecule has 0 bridgehead atoms. The third-order valence-electron chi connectivity index (χ3n) is 8.86. The number of carbonyl (C=O) groups excluding carboxylic acids is 1. The molecule has 0 aliphatic rings. The Balaban J connectivity index is 1.48. The molecule has 0 aliphatic carbocycles. The Morgan fingerprint density at radius 3 is 2.42 bits per heavy atom. The highest BCUT2D eigenvalue weighted by Crippen LogP contribution is 2.41. The molecule has 12 heteroatoms. The molecular formula is C40H48N4O7S. The number of nitrogens with one attached hydrogen (secondary N) is 2. The number of methoxy groups -OCH3 is 1. The third-order valence-corrected chi connectivity index (χ3v) is 10.3. The number of hydrogen-bond acceptors (Lipinski definition) is 9. The van der Waals surface area contributed by atoms with Gasteiger partial charge in [0.1, 0.15) is 10.6 Å². The maximum atomic E-state index is 13.4. The van der Waals surface area contributed by atoms with Gasteiger partial charge in [-0.3, -0.25) is 9.78 Å². The molecule has 1 heterocycles. The summed E-state index contributed by atoms with van der Waals surface area (Å²) in [5, 5.41) is 12.4. The molecule has 4 rings (SSSR count). The molecule has 11 nitrogen and oxygen atoms in total. The lowest BCUT2D eigenvalue weighted by Gasteiger charge is -2.33. The van der Waals surface area contributed by atoms with Crippen molar-refractivity contribution < 1.29 is 32.6 Å². The molecule has 1 unspecified atom stereocenters. The zero-order valence-electron chi connectivity index (χ0n) is 30.5. The van der Waals surface area contributed by atoms with Crippen LogP contribution in [0.15, 0.2) is 102 Å². The van der Waals surface area contributed by atoms with Crippen molar-refractivity contribution in [3.8, 4) is 17.0 Å². The Hall–Kier alpha value is -5.20. The predicted molar refractivity (Wildman–Crippen MR) is 201 cm³/mol. The SMILES string of the molecule is COC(=O)C(C)(C)C(CC/C(N)=C/NCc1cccc(-c2ccc(C(=O)O)cn2)c1)c1ccc(C)c(CNS(=O)(=O)c2ccccc2OC(C)C)c1. The van der Waals surface area contributed by atoms with Crippen molar-refractivity contribution in [1.29, 1.82) is 0 Å². The zero-order chi connectivity index (χ0) is 38.1. The molecule has 4 aromatic rings. The number of nitrogens with zero attached hydrogens (tertiary/aromatic N) is 1. The van der Waals surface area contributed by atoms with Crippen LogP contribution in [0.5, 0.6) is 5.75 Å². The minimum atomic E-state index is -3.90. The van der Waals surface area contributed by atoms with Crippen molar-refractivity contribution in [3.63, 3.8) is 0 Å². The molecule has 0 amide bonds. The summed E-state index contributed by atoms with van der Waals surface area (Å²) in [5.41, 5.74) is 11.3. The lowest BCUT2D eigenvalue weighted by Crippen LogP contribution is -2.33. The standard InChI is InChI=1S/C40H48N4O7S/c1-26(2)51-36-12-7-8-13-37(36)52(48,49)44-24-32-21-29(15-14-27(32)3)34(40(4,5)39(47)50-6)18-17-33(41)25-42-22-28-10-9-11-30(20-28)35-19-16-31(23-43-35)38(45)46/h7-16,19-21,23,25-26,34,42,44H,17-18,22,24,41H2,1-6H3,(H,45,46)/b33-25-. The van der Waals surface area contributed by atoms with E-state index < -0.39 is 21.4 Å². The molecule has 1 atom stereocenters. The van der Waals surface area contributed by atoms with E-state index in [0.29, 0.717) is 30.8 Å². The Morgan fingerprint density at radius 2 is 1.75 bits per heavy atom. The second kappa shape index (κ2) is 17.3. The fourth-order valence-corrected chi connectivity index (χ4v) is 7.08. The summed E-state index contributed by atoms with van der Waals surface area (Å²) in [6, 6.07) is 23.3. The van der Waals surface area contributed by atoms with E-state index in [1.807, 2.05) is 77.1 Å². The number of allylic oxidation sites excluding steroid dienone is 1. The molecule has 3 aromatic carbocycles. The summed E-state index contributed by atoms with van der Waals surface area (Å²) >= 11 is 0. The van der Waals surface area contributed by atoms with Crippen molar-refractivity contribution in [1.82, 2.24) is 15.0 Å². The van der Waals surface area contributed by atoms with Gasteiger partial charge in [-0.15, -0.1) is 0 Å². The first-order chi connectivity index (χ1) is 24.6. The van der Waals surface area contributed by atoms with Gasteiger partial charge in [-0.2, -0.15) is 0 Å². The minimum Gasteiger partial charge on any atom is -0.490 e. The number of esters is 1. The van der Waals surface area contributed by atoms with Crippen molar-refractivity contribution in [2.45, 2.75) is 77.5 Å². The molecule has 0 saturated carbocycles. The average Bonchev–Trinajstić information content (AvgIpc) is 3.11. The summed E-state index contributed by atoms with van der Waals surface area (Å²) in [4.78, 5) is 28.6. The monoisotopic (exact) mass is 728 g/mol. The van der Waals surface area contributed by atoms with Gasteiger partial charge in [0, 0.05) is 36.7 Å². The fourth-order valence-electron chi connectivity index (χ4n) is 5.94. The largest absolute Gasteiger partial charge is 0.490 e. The molecule has 0 aliphatic heterocycles. The number of ether oxygens (including phenoxy) is 2. The fraction of sp³-hybridized carbons (Fsp3) is 0.325. The van der Waals surface area contributed by atoms with Crippen LogP contribution < -0.4 is 20.5 Å². The molecule has 5 N–H and O–H groups in total. The van der Waals surface area contributed by atoms with Crippen LogP contribution in [-0.4, -0.2) is 43.7 Å². The number of pyridine rings is 1. The average molecular weight is 729 g/mol. The van der Waals surface area contributed by atoms with Crippen molar-refractivity contribution in [2.24, 2.45) is 11.1 Å². The first kappa shape index (κ1) is 39.6. The van der Waals surface area contributed by atoms with Crippen LogP contribution in [0.25, 0.3) is 11.3 Å². The number of aryl methyl sites for hydroxylation is 1. The molecule has 1 aromatic heterocycles. The minimum absolute atomic E-state index is 0.0419. The van der Waals surface area contributed by atoms with Crippen LogP contribution in [0.2, 0.25) is 0 Å². The van der Waals surface area contributed by atoms with E-state index in [9.17, 15) is 18.0 Å². The molecule has 0 fully saturated rings. The van der Waals surface area contributed by atoms with Crippen molar-refractivity contribution in [2.75, 3.05) is 7.11 Å². The van der Waals surface area contributed by atoms with E-state index >= 15 is 0 Å². The smallest absolute Gasteiger partial charge is 0.337 e. The van der Waals surface area contributed by atoms with Gasteiger partial charge in [-0.05, 0) is 106 Å². The van der Waals surface area contributed by atoms with Crippen LogP contribution in [0.3, 0.4) is 0 Å². The van der Waals surface area contributed by atoms with Crippen LogP contribution in [-0.2, 0) is 32.6 Å². The lowest BCUT2D eigenvalue weighted by atomic mass is 9.72. The lowest BCUT2D eigenvalue weighted by molar-refractivity contribution is -0.152. The van der Waals surface area contributed by atoms with Crippen molar-refractivity contribution in [3.05, 3.63) is 125 Å². The van der Waals surface area contributed by atoms with Gasteiger partial charge in [-0.1, -0.05) is 48.5 Å². The van der Waals surface area contributed by atoms with E-state index in [1.165, 1.54) is 25.4 Å². The molecule has 0 spiro atoms. The topological polar surface area (TPSA) is 170 Å². The van der Waals surface area contributed by atoms with Gasteiger partial charge in [0.25, 0.3) is 0 Å². The van der Waals surface area contributed by atoms with Gasteiger partial charge < -0.3 is 25.6 Å². The van der Waals surface area contributed by atoms with E-state index in [2.05, 4.69) is 15.0 Å². The molecule has 0 saturated heterocycles. The van der Waals surface area contributed by atoms with E-state index in [4.69, 9.17) is 20.3 Å². The highest BCUT2D eigenvalue weighted by Gasteiger charge is 2.38. The number of carbonyl (C=O) groups is 2. The maximum Gasteiger partial charge on any atom is 0.337 e. The predicted octanol–water partition coefficient (Wildman–Crippen LogP) is 6.67. The number of hydrogen-bond donors (Lipinski definition) is 4. The van der Waals surface area contributed by atoms with Crippen LogP contribution in [0, 0.1) is 12.3 Å². The van der Waals surface area contributed by atoms with Crippen LogP contribution in [0.4, 0.5) is 0 Å². The van der Waals surface area contributed by atoms with Gasteiger partial charge >= 0.3 is 11.9 Å². The van der Waals surface area contributed by atoms with Gasteiger partial charge in [-0.25, -0.2) is 17.9 Å². The summed E-state index contributed by atoms with van der Waals surface area (Å²) in [5.74, 6) is -1.41. The van der Waals surface area contributed by atoms with Crippen LogP contribution in [0.1, 0.15) is 79.1 Å². The number of carboxylic acid groups (broad SMARTS) is 1. The number of sulfonamides is 1. The Morgan fingerprint density at radius 1 is 1.00 bits per heavy atom. The molecule has 52 heavy (non-hydrogen) atoms. The van der Waals surface area contributed by atoms with Gasteiger partial charge in [0.2, 0.25) is 10.0 Å². The quantitative estimate of drug-likeness (QED) is 0.0861. The van der Waals surface area contributed by atoms with Gasteiger partial charge in [0.05, 0.1) is 29.9 Å². The number of carboxylic acids is 1. The number of aromatic nitrogens is 1. The summed E-state index contributed by atoms with van der Waals surface area (Å²) in [6.45, 7) is 9.80. The number of nitrogens with two attached hydrogens (primary N) is 1. The normalized spacial score (nSPS) is 12.7. The Bertz CT molecular complexity index is 2010. The van der Waals surface area contributed by atoms with Gasteiger partial charge in [0.15, 0.2) is 0 Å². The first-order valence-corrected chi connectivity index (χ1v) is 18.5. The highest BCUT2D eigenvalue weighted by atomic mass is 32.2. The summed E-state index contributed by atoms with van der Waals surface area (Å²) < 4.78 is 40.5. The number of aromatic carboxylic acids is 1. The Kier molecular flexibility index (Phi) is 13.2. The van der Waals surface area contributed by atoms with E-state index in [0.717, 1.165) is 27.8 Å². The number of benzene rings is 3. The second-order valence-electron chi connectivity index (χ2n) is 13.5. The maximum absolute atomic E-state index is 13.4. The molecular weight excluding hydrogens is 681 g/mol. The number of para-hydroxylation sites is 1. The summed E-state index contributed by atoms with van der Waals surface area (Å²) in [6.07, 6.45) is 3.89. The Labute approximate surface area is 306 Å². The van der Waals surface area contributed by atoms with E-state index in [1.54, 1.807) is 30.5 Å². The highest BCUT2D eigenvalue weighted by molar-refractivity contribution is 7.89. The molecule has 276 valence electrons. The molecule has 0 radical (unpaired) electrons. The zero-order valence-corrected chi connectivity index (χ0v) is 31.3. The third kappa shape index (κ3) is 10.2.